The lowest BCUT2D eigenvalue weighted by molar-refractivity contribution is -0.136. The van der Waals surface area contributed by atoms with Crippen LogP contribution in [0.15, 0.2) is 40.5 Å². The van der Waals surface area contributed by atoms with Crippen LogP contribution < -0.4 is 5.56 Å². The van der Waals surface area contributed by atoms with Crippen LogP contribution in [-0.4, -0.2) is 20.5 Å². The highest BCUT2D eigenvalue weighted by molar-refractivity contribution is 7.15. The maximum atomic E-state index is 12.2. The topological polar surface area (TPSA) is 71.7 Å². The van der Waals surface area contributed by atoms with Gasteiger partial charge in [0.2, 0.25) is 0 Å². The van der Waals surface area contributed by atoms with Crippen molar-refractivity contribution in [1.82, 2.24) is 9.38 Å². The van der Waals surface area contributed by atoms with E-state index >= 15 is 0 Å². The van der Waals surface area contributed by atoms with Crippen LogP contribution in [0, 0.1) is 0 Å². The molecule has 0 aliphatic carbocycles. The number of fused-ring (bicyclic) bond motifs is 1. The summed E-state index contributed by atoms with van der Waals surface area (Å²) in [5.41, 5.74) is 1.61. The zero-order chi connectivity index (χ0) is 16.4. The first-order chi connectivity index (χ1) is 11.0. The van der Waals surface area contributed by atoms with Gasteiger partial charge in [-0.15, -0.1) is 11.3 Å². The van der Waals surface area contributed by atoms with Crippen LogP contribution in [0.3, 0.4) is 0 Å². The molecule has 0 saturated heterocycles. The van der Waals surface area contributed by atoms with Crippen molar-refractivity contribution >= 4 is 46.0 Å². The minimum Gasteiger partial charge on any atom is -0.481 e. The lowest BCUT2D eigenvalue weighted by Crippen LogP contribution is -2.17. The van der Waals surface area contributed by atoms with Gasteiger partial charge in [0.25, 0.3) is 5.56 Å². The molecule has 0 atom stereocenters. The van der Waals surface area contributed by atoms with E-state index in [2.05, 4.69) is 4.98 Å². The lowest BCUT2D eigenvalue weighted by atomic mass is 10.2. The Bertz CT molecular complexity index is 958. The number of aliphatic carboxylic acids is 1. The summed E-state index contributed by atoms with van der Waals surface area (Å²) < 4.78 is 1.33. The standard InChI is InChI=1S/C16H11ClN2O3S/c17-11-4-1-10(2-5-11)3-6-12-7-14(20)19-13(8-15(21)22)9-23-16(19)18-12/h1-7,9H,8H2,(H,21,22)/b6-3+. The van der Waals surface area contributed by atoms with Crippen molar-refractivity contribution in [2.75, 3.05) is 0 Å². The van der Waals surface area contributed by atoms with Crippen molar-refractivity contribution in [3.05, 3.63) is 68.0 Å². The molecule has 7 heteroatoms. The van der Waals surface area contributed by atoms with Crippen molar-refractivity contribution in [2.45, 2.75) is 6.42 Å². The fourth-order valence-corrected chi connectivity index (χ4v) is 3.14. The first-order valence-corrected chi connectivity index (χ1v) is 7.94. The molecule has 23 heavy (non-hydrogen) atoms. The summed E-state index contributed by atoms with van der Waals surface area (Å²) in [5.74, 6) is -0.983. The predicted molar refractivity (Wildman–Crippen MR) is 91.1 cm³/mol. The molecule has 2 heterocycles. The molecule has 0 unspecified atom stereocenters. The minimum atomic E-state index is -0.983. The fourth-order valence-electron chi connectivity index (χ4n) is 2.11. The first-order valence-electron chi connectivity index (χ1n) is 6.68. The number of rotatable bonds is 4. The van der Waals surface area contributed by atoms with Crippen LogP contribution in [0.5, 0.6) is 0 Å². The van der Waals surface area contributed by atoms with Gasteiger partial charge in [0.05, 0.1) is 12.1 Å². The smallest absolute Gasteiger partial charge is 0.309 e. The molecule has 0 aliphatic rings. The van der Waals surface area contributed by atoms with Gasteiger partial charge in [0, 0.05) is 22.2 Å². The third-order valence-electron chi connectivity index (χ3n) is 3.14. The number of carboxylic acids is 1. The Kier molecular flexibility index (Phi) is 4.27. The Balaban J connectivity index is 1.95. The summed E-state index contributed by atoms with van der Waals surface area (Å²) in [6, 6.07) is 8.67. The summed E-state index contributed by atoms with van der Waals surface area (Å²) in [6.45, 7) is 0. The molecule has 0 radical (unpaired) electrons. The van der Waals surface area contributed by atoms with Gasteiger partial charge in [-0.05, 0) is 23.8 Å². The largest absolute Gasteiger partial charge is 0.481 e. The Labute approximate surface area is 140 Å². The zero-order valence-electron chi connectivity index (χ0n) is 11.8. The number of aromatic nitrogens is 2. The number of benzene rings is 1. The van der Waals surface area contributed by atoms with Gasteiger partial charge in [0.1, 0.15) is 0 Å². The van der Waals surface area contributed by atoms with E-state index in [9.17, 15) is 9.59 Å². The van der Waals surface area contributed by atoms with Crippen molar-refractivity contribution in [3.8, 4) is 0 Å². The van der Waals surface area contributed by atoms with Gasteiger partial charge in [-0.3, -0.25) is 14.0 Å². The summed E-state index contributed by atoms with van der Waals surface area (Å²) in [6.07, 6.45) is 3.36. The number of carboxylic acid groups (broad SMARTS) is 1. The van der Waals surface area contributed by atoms with E-state index in [1.54, 1.807) is 23.6 Å². The second-order valence-electron chi connectivity index (χ2n) is 4.82. The quantitative estimate of drug-likeness (QED) is 0.787. The van der Waals surface area contributed by atoms with Gasteiger partial charge in [0.15, 0.2) is 4.96 Å². The zero-order valence-corrected chi connectivity index (χ0v) is 13.3. The molecule has 116 valence electrons. The van der Waals surface area contributed by atoms with Crippen molar-refractivity contribution in [2.24, 2.45) is 0 Å². The molecule has 1 aromatic carbocycles. The predicted octanol–water partition coefficient (Wildman–Crippen LogP) is 3.21. The van der Waals surface area contributed by atoms with Gasteiger partial charge >= 0.3 is 5.97 Å². The van der Waals surface area contributed by atoms with Gasteiger partial charge in [-0.25, -0.2) is 4.98 Å². The third kappa shape index (κ3) is 3.49. The Morgan fingerprint density at radius 3 is 2.74 bits per heavy atom. The highest BCUT2D eigenvalue weighted by atomic mass is 35.5. The lowest BCUT2D eigenvalue weighted by Gasteiger charge is -1.99. The maximum Gasteiger partial charge on any atom is 0.309 e. The molecule has 0 fully saturated rings. The van der Waals surface area contributed by atoms with E-state index in [-0.39, 0.29) is 12.0 Å². The number of halogens is 1. The maximum absolute atomic E-state index is 12.2. The molecular formula is C16H11ClN2O3S. The van der Waals surface area contributed by atoms with E-state index in [1.807, 2.05) is 18.2 Å². The van der Waals surface area contributed by atoms with Crippen molar-refractivity contribution in [1.29, 1.82) is 0 Å². The molecule has 2 aromatic heterocycles. The molecule has 3 rings (SSSR count). The van der Waals surface area contributed by atoms with E-state index in [1.165, 1.54) is 21.8 Å². The van der Waals surface area contributed by atoms with E-state index < -0.39 is 5.97 Å². The number of nitrogens with zero attached hydrogens (tertiary/aromatic N) is 2. The highest BCUT2D eigenvalue weighted by Gasteiger charge is 2.10. The number of thiazole rings is 1. The fraction of sp³-hybridized carbons (Fsp3) is 0.0625. The van der Waals surface area contributed by atoms with E-state index in [0.717, 1.165) is 5.56 Å². The first kappa shape index (κ1) is 15.5. The molecule has 0 saturated carbocycles. The average Bonchev–Trinajstić information content (AvgIpc) is 2.89. The average molecular weight is 347 g/mol. The molecule has 0 amide bonds. The minimum absolute atomic E-state index is 0.207. The summed E-state index contributed by atoms with van der Waals surface area (Å²) in [5, 5.41) is 11.2. The molecule has 1 N–H and O–H groups in total. The summed E-state index contributed by atoms with van der Waals surface area (Å²) in [7, 11) is 0. The van der Waals surface area contributed by atoms with Gasteiger partial charge in [-0.1, -0.05) is 29.8 Å². The van der Waals surface area contributed by atoms with Crippen LogP contribution >= 0.6 is 22.9 Å². The van der Waals surface area contributed by atoms with Crippen LogP contribution in [0.1, 0.15) is 17.0 Å². The second kappa shape index (κ2) is 6.36. The van der Waals surface area contributed by atoms with Crippen LogP contribution in [-0.2, 0) is 11.2 Å². The molecule has 0 bridgehead atoms. The van der Waals surface area contributed by atoms with Crippen LogP contribution in [0.4, 0.5) is 0 Å². The Morgan fingerprint density at radius 2 is 2.04 bits per heavy atom. The second-order valence-corrected chi connectivity index (χ2v) is 6.09. The summed E-state index contributed by atoms with van der Waals surface area (Å²) in [4.78, 5) is 27.9. The third-order valence-corrected chi connectivity index (χ3v) is 4.27. The molecule has 0 spiro atoms. The Hall–Kier alpha value is -2.44. The van der Waals surface area contributed by atoms with Gasteiger partial charge in [-0.2, -0.15) is 0 Å². The van der Waals surface area contributed by atoms with E-state index in [4.69, 9.17) is 16.7 Å². The van der Waals surface area contributed by atoms with E-state index in [0.29, 0.717) is 21.4 Å². The molecule has 0 aliphatic heterocycles. The highest BCUT2D eigenvalue weighted by Crippen LogP contribution is 2.15. The van der Waals surface area contributed by atoms with Gasteiger partial charge < -0.3 is 5.11 Å². The Morgan fingerprint density at radius 1 is 1.30 bits per heavy atom. The number of hydrogen-bond acceptors (Lipinski definition) is 4. The molecule has 3 aromatic rings. The molecule has 5 nitrogen and oxygen atoms in total. The molecular weight excluding hydrogens is 336 g/mol. The monoisotopic (exact) mass is 346 g/mol. The number of carbonyl (C=O) groups is 1. The number of hydrogen-bond donors (Lipinski definition) is 1. The van der Waals surface area contributed by atoms with Crippen molar-refractivity contribution in [3.63, 3.8) is 0 Å². The van der Waals surface area contributed by atoms with Crippen LogP contribution in [0.2, 0.25) is 5.02 Å². The SMILES string of the molecule is O=C(O)Cc1csc2nc(/C=C/c3ccc(Cl)cc3)cc(=O)n12. The normalized spacial score (nSPS) is 11.3. The van der Waals surface area contributed by atoms with Crippen LogP contribution in [0.25, 0.3) is 17.1 Å². The summed E-state index contributed by atoms with van der Waals surface area (Å²) >= 11 is 7.08. The van der Waals surface area contributed by atoms with Crippen molar-refractivity contribution < 1.29 is 9.90 Å².